The van der Waals surface area contributed by atoms with Crippen LogP contribution in [0, 0.1) is 10.1 Å². The molecule has 0 bridgehead atoms. The minimum atomic E-state index is -0.786. The van der Waals surface area contributed by atoms with Gasteiger partial charge in [-0.25, -0.2) is 0 Å². The van der Waals surface area contributed by atoms with Crippen molar-refractivity contribution in [1.29, 1.82) is 0 Å². The van der Waals surface area contributed by atoms with Gasteiger partial charge in [0.05, 0.1) is 16.3 Å². The first-order chi connectivity index (χ1) is 15.4. The van der Waals surface area contributed by atoms with Crippen LogP contribution in [0.3, 0.4) is 0 Å². The molecule has 160 valence electrons. The number of nitro benzene ring substituents is 1. The van der Waals surface area contributed by atoms with Gasteiger partial charge in [0.25, 0.3) is 5.69 Å². The maximum atomic E-state index is 12.9. The van der Waals surface area contributed by atoms with Gasteiger partial charge in [-0.05, 0) is 29.3 Å². The van der Waals surface area contributed by atoms with Crippen LogP contribution in [0.4, 0.5) is 17.1 Å². The molecule has 1 unspecified atom stereocenters. The minimum absolute atomic E-state index is 0.0833. The first-order valence-electron chi connectivity index (χ1n) is 9.99. The Morgan fingerprint density at radius 2 is 1.81 bits per heavy atom. The molecule has 0 radical (unpaired) electrons. The summed E-state index contributed by atoms with van der Waals surface area (Å²) in [5.41, 5.74) is 3.77. The second kappa shape index (κ2) is 8.81. The molecule has 0 fully saturated rings. The Morgan fingerprint density at radius 1 is 1.09 bits per heavy atom. The summed E-state index contributed by atoms with van der Waals surface area (Å²) in [5, 5.41) is 16.8. The number of aliphatic imine (C=N–C) groups is 1. The van der Waals surface area contributed by atoms with E-state index in [0.717, 1.165) is 11.1 Å². The highest BCUT2D eigenvalue weighted by molar-refractivity contribution is 6.24. The molecule has 1 aliphatic heterocycles. The molecule has 0 saturated heterocycles. The Morgan fingerprint density at radius 3 is 2.47 bits per heavy atom. The van der Waals surface area contributed by atoms with Gasteiger partial charge in [0.1, 0.15) is 5.92 Å². The van der Waals surface area contributed by atoms with Gasteiger partial charge in [-0.2, -0.15) is 0 Å². The van der Waals surface area contributed by atoms with Crippen molar-refractivity contribution in [3.05, 3.63) is 99.6 Å². The van der Waals surface area contributed by atoms with Crippen molar-refractivity contribution < 1.29 is 14.5 Å². The molecule has 0 saturated carbocycles. The lowest BCUT2D eigenvalue weighted by atomic mass is 9.90. The van der Waals surface area contributed by atoms with Gasteiger partial charge < -0.3 is 10.6 Å². The van der Waals surface area contributed by atoms with Crippen molar-refractivity contribution in [1.82, 2.24) is 5.32 Å². The highest BCUT2D eigenvalue weighted by atomic mass is 16.6. The standard InChI is InChI=1S/C24H20N4O4/c1-15(29)25-14-16-7-9-18(10-8-16)26-23(17-5-3-2-4-6-17)22-20-13-19(28(31)32)11-12-21(20)27-24(22)30/h2-13,22H,14H2,1H3,(H,25,29)(H,27,30). The van der Waals surface area contributed by atoms with E-state index in [1.807, 2.05) is 42.5 Å². The molecule has 1 aliphatic rings. The zero-order chi connectivity index (χ0) is 22.7. The summed E-state index contributed by atoms with van der Waals surface area (Å²) in [5.74, 6) is -1.18. The zero-order valence-corrected chi connectivity index (χ0v) is 17.2. The van der Waals surface area contributed by atoms with E-state index in [0.29, 0.717) is 29.2 Å². The number of hydrogen-bond acceptors (Lipinski definition) is 5. The fourth-order valence-corrected chi connectivity index (χ4v) is 3.59. The molecule has 4 rings (SSSR count). The van der Waals surface area contributed by atoms with Crippen LogP contribution in [0.5, 0.6) is 0 Å². The van der Waals surface area contributed by atoms with E-state index in [1.165, 1.54) is 19.1 Å². The number of non-ortho nitro benzene ring substituents is 1. The zero-order valence-electron chi connectivity index (χ0n) is 17.2. The number of nitrogens with zero attached hydrogens (tertiary/aromatic N) is 2. The van der Waals surface area contributed by atoms with Crippen LogP contribution >= 0.6 is 0 Å². The first-order valence-corrected chi connectivity index (χ1v) is 9.99. The van der Waals surface area contributed by atoms with E-state index in [1.54, 1.807) is 18.2 Å². The number of fused-ring (bicyclic) bond motifs is 1. The van der Waals surface area contributed by atoms with Crippen LogP contribution in [0.15, 0.2) is 77.8 Å². The third-order valence-corrected chi connectivity index (χ3v) is 5.15. The number of anilines is 1. The van der Waals surface area contributed by atoms with Gasteiger partial charge in [-0.1, -0.05) is 42.5 Å². The third kappa shape index (κ3) is 4.39. The molecular weight excluding hydrogens is 408 g/mol. The van der Waals surface area contributed by atoms with E-state index >= 15 is 0 Å². The van der Waals surface area contributed by atoms with E-state index in [2.05, 4.69) is 10.6 Å². The summed E-state index contributed by atoms with van der Waals surface area (Å²) in [4.78, 5) is 39.6. The average molecular weight is 428 g/mol. The van der Waals surface area contributed by atoms with Gasteiger partial charge in [0, 0.05) is 36.9 Å². The summed E-state index contributed by atoms with van der Waals surface area (Å²) in [6.45, 7) is 1.87. The van der Waals surface area contributed by atoms with Crippen LogP contribution in [0.2, 0.25) is 0 Å². The topological polar surface area (TPSA) is 114 Å². The molecule has 3 aromatic carbocycles. The number of carbonyl (C=O) groups is 2. The SMILES string of the molecule is CC(=O)NCc1ccc(N=C(c2ccccc2)C2C(=O)Nc3ccc([N+](=O)[O-])cc32)cc1. The molecule has 0 aliphatic carbocycles. The van der Waals surface area contributed by atoms with Crippen LogP contribution in [-0.2, 0) is 16.1 Å². The lowest BCUT2D eigenvalue weighted by molar-refractivity contribution is -0.384. The molecule has 8 heteroatoms. The van der Waals surface area contributed by atoms with E-state index < -0.39 is 10.8 Å². The van der Waals surface area contributed by atoms with Crippen molar-refractivity contribution in [3.8, 4) is 0 Å². The molecule has 0 spiro atoms. The third-order valence-electron chi connectivity index (χ3n) is 5.15. The van der Waals surface area contributed by atoms with Crippen LogP contribution in [0.25, 0.3) is 0 Å². The van der Waals surface area contributed by atoms with Crippen molar-refractivity contribution in [3.63, 3.8) is 0 Å². The second-order valence-corrected chi connectivity index (χ2v) is 7.39. The maximum absolute atomic E-state index is 12.9. The van der Waals surface area contributed by atoms with Crippen LogP contribution in [-0.4, -0.2) is 22.4 Å². The Kier molecular flexibility index (Phi) is 5.76. The van der Waals surface area contributed by atoms with Gasteiger partial charge in [-0.15, -0.1) is 0 Å². The Bertz CT molecular complexity index is 1220. The molecule has 1 heterocycles. The normalized spacial score (nSPS) is 15.1. The average Bonchev–Trinajstić information content (AvgIpc) is 3.12. The van der Waals surface area contributed by atoms with Crippen LogP contribution < -0.4 is 10.6 Å². The number of nitrogens with one attached hydrogen (secondary N) is 2. The summed E-state index contributed by atoms with van der Waals surface area (Å²) in [6, 6.07) is 20.9. The van der Waals surface area contributed by atoms with E-state index in [-0.39, 0.29) is 17.5 Å². The molecule has 3 aromatic rings. The van der Waals surface area contributed by atoms with Crippen molar-refractivity contribution in [2.75, 3.05) is 5.32 Å². The van der Waals surface area contributed by atoms with Gasteiger partial charge in [0.2, 0.25) is 11.8 Å². The van der Waals surface area contributed by atoms with Gasteiger partial charge >= 0.3 is 0 Å². The number of rotatable bonds is 6. The predicted octanol–water partition coefficient (Wildman–Crippen LogP) is 4.09. The molecule has 0 aromatic heterocycles. The monoisotopic (exact) mass is 428 g/mol. The lowest BCUT2D eigenvalue weighted by Gasteiger charge is -2.14. The number of nitro groups is 1. The number of amides is 2. The molecule has 2 N–H and O–H groups in total. The lowest BCUT2D eigenvalue weighted by Crippen LogP contribution is -2.22. The molecular formula is C24H20N4O4. The fourth-order valence-electron chi connectivity index (χ4n) is 3.59. The number of hydrogen-bond donors (Lipinski definition) is 2. The summed E-state index contributed by atoms with van der Waals surface area (Å²) >= 11 is 0. The molecule has 1 atom stereocenters. The Labute approximate surface area is 184 Å². The number of benzene rings is 3. The van der Waals surface area contributed by atoms with Crippen molar-refractivity contribution in [2.24, 2.45) is 4.99 Å². The van der Waals surface area contributed by atoms with Crippen molar-refractivity contribution in [2.45, 2.75) is 19.4 Å². The Hall–Kier alpha value is -4.33. The highest BCUT2D eigenvalue weighted by Crippen LogP contribution is 2.38. The smallest absolute Gasteiger partial charge is 0.269 e. The van der Waals surface area contributed by atoms with Gasteiger partial charge in [0.15, 0.2) is 0 Å². The van der Waals surface area contributed by atoms with Crippen LogP contribution in [0.1, 0.15) is 29.5 Å². The molecule has 8 nitrogen and oxygen atoms in total. The highest BCUT2D eigenvalue weighted by Gasteiger charge is 2.36. The predicted molar refractivity (Wildman–Crippen MR) is 121 cm³/mol. The Balaban J connectivity index is 1.77. The fraction of sp³-hybridized carbons (Fsp3) is 0.125. The summed E-state index contributed by atoms with van der Waals surface area (Å²) in [6.07, 6.45) is 0. The second-order valence-electron chi connectivity index (χ2n) is 7.39. The summed E-state index contributed by atoms with van der Waals surface area (Å²) < 4.78 is 0. The quantitative estimate of drug-likeness (QED) is 0.350. The molecule has 2 amide bonds. The maximum Gasteiger partial charge on any atom is 0.269 e. The first kappa shape index (κ1) is 20.9. The van der Waals surface area contributed by atoms with E-state index in [4.69, 9.17) is 4.99 Å². The summed E-state index contributed by atoms with van der Waals surface area (Å²) in [7, 11) is 0. The minimum Gasteiger partial charge on any atom is -0.352 e. The van der Waals surface area contributed by atoms with Gasteiger partial charge in [-0.3, -0.25) is 24.7 Å². The van der Waals surface area contributed by atoms with E-state index in [9.17, 15) is 19.7 Å². The van der Waals surface area contributed by atoms with Crippen molar-refractivity contribution >= 4 is 34.6 Å². The molecule has 32 heavy (non-hydrogen) atoms. The number of carbonyl (C=O) groups excluding carboxylic acids is 2. The largest absolute Gasteiger partial charge is 0.352 e.